The molecule has 3 N–H and O–H groups in total. The maximum atomic E-state index is 13.0. The van der Waals surface area contributed by atoms with Gasteiger partial charge in [-0.05, 0) is 65.0 Å². The first-order chi connectivity index (χ1) is 15.9. The van der Waals surface area contributed by atoms with E-state index >= 15 is 0 Å². The summed E-state index contributed by atoms with van der Waals surface area (Å²) in [4.78, 5) is 26.1. The van der Waals surface area contributed by atoms with E-state index in [1.54, 1.807) is 18.2 Å². The molecular weight excluding hydrogens is 504 g/mol. The molecule has 6 nitrogen and oxygen atoms in total. The summed E-state index contributed by atoms with van der Waals surface area (Å²) >= 11 is 4.86. The number of nitrogens with two attached hydrogens (primary N) is 1. The van der Waals surface area contributed by atoms with E-state index in [9.17, 15) is 9.59 Å². The molecule has 4 rings (SSSR count). The fourth-order valence-corrected chi connectivity index (χ4v) is 5.52. The number of nitrogens with one attached hydrogen (secondary N) is 1. The number of amides is 2. The molecule has 1 aromatic heterocycles. The van der Waals surface area contributed by atoms with Crippen LogP contribution in [0.3, 0.4) is 0 Å². The largest absolute Gasteiger partial charge is 0.490 e. The normalized spacial score (nSPS) is 15.4. The summed E-state index contributed by atoms with van der Waals surface area (Å²) in [7, 11) is 0. The van der Waals surface area contributed by atoms with E-state index in [-0.39, 0.29) is 12.0 Å². The Hall–Kier alpha value is -2.68. The number of benzene rings is 2. The van der Waals surface area contributed by atoms with Gasteiger partial charge < -0.3 is 20.5 Å². The zero-order valence-electron chi connectivity index (χ0n) is 18.2. The Morgan fingerprint density at radius 1 is 1.24 bits per heavy atom. The van der Waals surface area contributed by atoms with E-state index < -0.39 is 5.91 Å². The molecule has 2 heterocycles. The highest BCUT2D eigenvalue weighted by atomic mass is 79.9. The van der Waals surface area contributed by atoms with Crippen LogP contribution in [0.1, 0.15) is 49.6 Å². The molecule has 1 unspecified atom stereocenters. The van der Waals surface area contributed by atoms with E-state index in [2.05, 4.69) is 21.2 Å². The maximum absolute atomic E-state index is 13.0. The lowest BCUT2D eigenvalue weighted by Crippen LogP contribution is -2.18. The number of carbonyl (C=O) groups excluding carboxylic acids is 2. The minimum Gasteiger partial charge on any atom is -0.490 e. The van der Waals surface area contributed by atoms with Gasteiger partial charge >= 0.3 is 0 Å². The Labute approximate surface area is 205 Å². The lowest BCUT2D eigenvalue weighted by molar-refractivity contribution is 0.0677. The molecule has 0 bridgehead atoms. The van der Waals surface area contributed by atoms with Crippen LogP contribution in [0.15, 0.2) is 53.0 Å². The number of ether oxygens (including phenoxy) is 2. The fraction of sp³-hybridized carbons (Fsp3) is 0.280. The molecule has 0 radical (unpaired) electrons. The van der Waals surface area contributed by atoms with Crippen LogP contribution in [0.5, 0.6) is 5.75 Å². The molecule has 1 saturated heterocycles. The monoisotopic (exact) mass is 528 g/mol. The first-order valence-corrected chi connectivity index (χ1v) is 12.3. The lowest BCUT2D eigenvalue weighted by Gasteiger charge is -2.13. The van der Waals surface area contributed by atoms with Crippen molar-refractivity contribution in [3.05, 3.63) is 80.1 Å². The summed E-state index contributed by atoms with van der Waals surface area (Å²) in [5.41, 5.74) is 8.37. The van der Waals surface area contributed by atoms with Crippen LogP contribution in [-0.4, -0.2) is 31.1 Å². The van der Waals surface area contributed by atoms with Gasteiger partial charge in [-0.1, -0.05) is 30.3 Å². The van der Waals surface area contributed by atoms with Gasteiger partial charge in [0.1, 0.15) is 17.4 Å². The fourth-order valence-electron chi connectivity index (χ4n) is 3.79. The third kappa shape index (κ3) is 5.63. The minimum absolute atomic E-state index is 0.110. The summed E-state index contributed by atoms with van der Waals surface area (Å²) in [5.74, 6) is -0.231. The zero-order valence-corrected chi connectivity index (χ0v) is 20.6. The third-order valence-corrected chi connectivity index (χ3v) is 7.40. The number of primary amides is 1. The van der Waals surface area contributed by atoms with Gasteiger partial charge in [-0.3, -0.25) is 9.59 Å². The molecule has 1 aliphatic heterocycles. The predicted molar refractivity (Wildman–Crippen MR) is 133 cm³/mol. The molecule has 8 heteroatoms. The first kappa shape index (κ1) is 23.5. The van der Waals surface area contributed by atoms with E-state index in [0.29, 0.717) is 39.4 Å². The minimum atomic E-state index is -0.558. The first-order valence-electron chi connectivity index (χ1n) is 10.7. The second-order valence-corrected chi connectivity index (χ2v) is 9.89. The maximum Gasteiger partial charge on any atom is 0.256 e. The molecule has 0 saturated carbocycles. The van der Waals surface area contributed by atoms with Crippen LogP contribution in [0.25, 0.3) is 0 Å². The number of anilines is 1. The second-order valence-electron chi connectivity index (χ2n) is 7.93. The molecule has 1 atom stereocenters. The van der Waals surface area contributed by atoms with Crippen molar-refractivity contribution in [2.75, 3.05) is 18.5 Å². The van der Waals surface area contributed by atoms with Gasteiger partial charge in [0.15, 0.2) is 0 Å². The predicted octanol–water partition coefficient (Wildman–Crippen LogP) is 5.32. The number of hydrogen-bond acceptors (Lipinski definition) is 5. The highest BCUT2D eigenvalue weighted by Crippen LogP contribution is 2.35. The Bertz CT molecular complexity index is 1160. The van der Waals surface area contributed by atoms with Gasteiger partial charge in [-0.15, -0.1) is 11.3 Å². The van der Waals surface area contributed by atoms with Crippen molar-refractivity contribution in [1.29, 1.82) is 0 Å². The number of hydrogen-bond donors (Lipinski definition) is 2. The van der Waals surface area contributed by atoms with Crippen molar-refractivity contribution < 1.29 is 19.1 Å². The number of thiophene rings is 1. The topological polar surface area (TPSA) is 90.7 Å². The van der Waals surface area contributed by atoms with E-state index in [1.807, 2.05) is 37.3 Å². The van der Waals surface area contributed by atoms with E-state index in [4.69, 9.17) is 15.2 Å². The molecule has 2 aromatic carbocycles. The summed E-state index contributed by atoms with van der Waals surface area (Å²) in [5, 5.41) is 3.34. The number of halogens is 1. The quantitative estimate of drug-likeness (QED) is 0.414. The van der Waals surface area contributed by atoms with Gasteiger partial charge in [0.05, 0.1) is 16.1 Å². The molecule has 172 valence electrons. The molecule has 1 fully saturated rings. The molecule has 3 aromatic rings. The molecule has 2 amide bonds. The highest BCUT2D eigenvalue weighted by molar-refractivity contribution is 9.10. The third-order valence-electron chi connectivity index (χ3n) is 5.57. The van der Waals surface area contributed by atoms with E-state index in [0.717, 1.165) is 35.5 Å². The van der Waals surface area contributed by atoms with Crippen molar-refractivity contribution in [3.8, 4) is 5.75 Å². The Kier molecular flexibility index (Phi) is 7.47. The Morgan fingerprint density at radius 3 is 2.70 bits per heavy atom. The Balaban J connectivity index is 1.49. The van der Waals surface area contributed by atoms with Crippen LogP contribution in [-0.2, 0) is 11.2 Å². The summed E-state index contributed by atoms with van der Waals surface area (Å²) < 4.78 is 12.1. The number of rotatable bonds is 8. The SMILES string of the molecule is Cc1c(Cc2ccccc2)sc(NC(=O)c2ccc(OCC3CCCO3)c(Br)c2)c1C(N)=O. The Morgan fingerprint density at radius 2 is 2.03 bits per heavy atom. The smallest absolute Gasteiger partial charge is 0.256 e. The molecule has 0 spiro atoms. The van der Waals surface area contributed by atoms with Crippen molar-refractivity contribution in [2.24, 2.45) is 5.73 Å². The second kappa shape index (κ2) is 10.5. The highest BCUT2D eigenvalue weighted by Gasteiger charge is 2.22. The van der Waals surface area contributed by atoms with Crippen LogP contribution < -0.4 is 15.8 Å². The summed E-state index contributed by atoms with van der Waals surface area (Å²) in [6.07, 6.45) is 2.82. The average molecular weight is 529 g/mol. The van der Waals surface area contributed by atoms with Crippen molar-refractivity contribution in [3.63, 3.8) is 0 Å². The van der Waals surface area contributed by atoms with Gasteiger partial charge in [0.2, 0.25) is 0 Å². The van der Waals surface area contributed by atoms with E-state index in [1.165, 1.54) is 11.3 Å². The van der Waals surface area contributed by atoms with Crippen LogP contribution >= 0.6 is 27.3 Å². The van der Waals surface area contributed by atoms with Gasteiger partial charge in [0.25, 0.3) is 11.8 Å². The average Bonchev–Trinajstić information content (AvgIpc) is 3.41. The van der Waals surface area contributed by atoms with Crippen molar-refractivity contribution >= 4 is 44.1 Å². The zero-order chi connectivity index (χ0) is 23.4. The van der Waals surface area contributed by atoms with Crippen LogP contribution in [0.2, 0.25) is 0 Å². The van der Waals surface area contributed by atoms with Gasteiger partial charge in [0, 0.05) is 23.5 Å². The van der Waals surface area contributed by atoms with Crippen LogP contribution in [0.4, 0.5) is 5.00 Å². The standard InChI is InChI=1S/C25H25BrN2O4S/c1-15-21(12-16-6-3-2-4-7-16)33-25(22(15)23(27)29)28-24(30)17-9-10-20(19(26)13-17)32-14-18-8-5-11-31-18/h2-4,6-7,9-10,13,18H,5,8,11-12,14H2,1H3,(H2,27,29)(H,28,30). The lowest BCUT2D eigenvalue weighted by atomic mass is 10.1. The number of carbonyl (C=O) groups is 2. The molecule has 33 heavy (non-hydrogen) atoms. The molecule has 0 aliphatic carbocycles. The van der Waals surface area contributed by atoms with Crippen molar-refractivity contribution in [1.82, 2.24) is 0 Å². The summed E-state index contributed by atoms with van der Waals surface area (Å²) in [6, 6.07) is 15.1. The van der Waals surface area contributed by atoms with Gasteiger partial charge in [-0.2, -0.15) is 0 Å². The van der Waals surface area contributed by atoms with Crippen molar-refractivity contribution in [2.45, 2.75) is 32.3 Å². The summed E-state index contributed by atoms with van der Waals surface area (Å²) in [6.45, 7) is 3.11. The molecular formula is C25H25BrN2O4S. The van der Waals surface area contributed by atoms with Gasteiger partial charge in [-0.25, -0.2) is 0 Å². The molecule has 1 aliphatic rings. The van der Waals surface area contributed by atoms with Crippen LogP contribution in [0, 0.1) is 6.92 Å².